The van der Waals surface area contributed by atoms with E-state index in [0.717, 1.165) is 5.56 Å². The van der Waals surface area contributed by atoms with Crippen molar-refractivity contribution in [3.05, 3.63) is 29.8 Å². The van der Waals surface area contributed by atoms with Crippen LogP contribution >= 0.6 is 11.6 Å². The van der Waals surface area contributed by atoms with Crippen molar-refractivity contribution < 1.29 is 18.0 Å². The lowest BCUT2D eigenvalue weighted by Crippen LogP contribution is -2.38. The molecule has 0 aliphatic carbocycles. The van der Waals surface area contributed by atoms with E-state index in [-0.39, 0.29) is 4.90 Å². The fourth-order valence-electron chi connectivity index (χ4n) is 1.68. The average molecular weight is 349 g/mol. The van der Waals surface area contributed by atoms with Crippen molar-refractivity contribution in [2.75, 3.05) is 6.54 Å². The smallest absolute Gasteiger partial charge is 0.241 e. The molecule has 0 radical (unpaired) electrons. The Bertz CT molecular complexity index is 561. The van der Waals surface area contributed by atoms with Gasteiger partial charge in [0.15, 0.2) is 0 Å². The maximum absolute atomic E-state index is 12.1. The number of sulfonamides is 1. The van der Waals surface area contributed by atoms with E-state index in [2.05, 4.69) is 4.72 Å². The van der Waals surface area contributed by atoms with Crippen molar-refractivity contribution in [2.24, 2.45) is 5.73 Å². The second-order valence-electron chi connectivity index (χ2n) is 4.58. The SMILES string of the molecule is C=O.Cc1ccc(S(=O)(=O)NC(CCCCN)C(=O)Cl)cc1. The zero-order valence-corrected chi connectivity index (χ0v) is 14.0. The van der Waals surface area contributed by atoms with E-state index in [1.807, 2.05) is 13.7 Å². The number of halogens is 1. The van der Waals surface area contributed by atoms with Crippen LogP contribution in [-0.4, -0.2) is 33.0 Å². The van der Waals surface area contributed by atoms with E-state index in [9.17, 15) is 13.2 Å². The summed E-state index contributed by atoms with van der Waals surface area (Å²) < 4.78 is 26.6. The molecule has 3 N–H and O–H groups in total. The first-order valence-electron chi connectivity index (χ1n) is 6.64. The van der Waals surface area contributed by atoms with Gasteiger partial charge in [0.2, 0.25) is 15.3 Å². The van der Waals surface area contributed by atoms with E-state index in [0.29, 0.717) is 25.8 Å². The summed E-state index contributed by atoms with van der Waals surface area (Å²) >= 11 is 5.44. The van der Waals surface area contributed by atoms with Gasteiger partial charge in [0.25, 0.3) is 0 Å². The summed E-state index contributed by atoms with van der Waals surface area (Å²) in [6.45, 7) is 4.36. The number of carbonyl (C=O) groups excluding carboxylic acids is 2. The Hall–Kier alpha value is -1.28. The van der Waals surface area contributed by atoms with E-state index in [1.165, 1.54) is 12.1 Å². The summed E-state index contributed by atoms with van der Waals surface area (Å²) in [4.78, 5) is 19.4. The molecule has 1 unspecified atom stereocenters. The van der Waals surface area contributed by atoms with E-state index < -0.39 is 21.3 Å². The van der Waals surface area contributed by atoms with Gasteiger partial charge >= 0.3 is 0 Å². The lowest BCUT2D eigenvalue weighted by molar-refractivity contribution is -0.113. The molecule has 0 aliphatic heterocycles. The first-order chi connectivity index (χ1) is 10.4. The first-order valence-corrected chi connectivity index (χ1v) is 8.50. The topological polar surface area (TPSA) is 106 Å². The Morgan fingerprint density at radius 3 is 2.27 bits per heavy atom. The van der Waals surface area contributed by atoms with Crippen LogP contribution in [0.25, 0.3) is 0 Å². The second kappa shape index (κ2) is 10.4. The Balaban J connectivity index is 0.00000211. The van der Waals surface area contributed by atoms with Gasteiger partial charge in [-0.05, 0) is 50.0 Å². The fourth-order valence-corrected chi connectivity index (χ4v) is 3.14. The lowest BCUT2D eigenvalue weighted by atomic mass is 10.1. The van der Waals surface area contributed by atoms with Crippen LogP contribution < -0.4 is 10.5 Å². The highest BCUT2D eigenvalue weighted by molar-refractivity contribution is 7.89. The van der Waals surface area contributed by atoms with Gasteiger partial charge in [-0.2, -0.15) is 4.72 Å². The summed E-state index contributed by atoms with van der Waals surface area (Å²) in [6, 6.07) is 5.45. The number of nitrogens with two attached hydrogens (primary N) is 1. The molecule has 0 saturated carbocycles. The van der Waals surface area contributed by atoms with Crippen LogP contribution in [0.15, 0.2) is 29.2 Å². The third kappa shape index (κ3) is 7.13. The van der Waals surface area contributed by atoms with Gasteiger partial charge in [-0.25, -0.2) is 8.42 Å². The van der Waals surface area contributed by atoms with Gasteiger partial charge in [0, 0.05) is 0 Å². The number of hydrogen-bond donors (Lipinski definition) is 2. The zero-order chi connectivity index (χ0) is 17.2. The molecule has 0 amide bonds. The van der Waals surface area contributed by atoms with Crippen LogP contribution in [-0.2, 0) is 19.6 Å². The highest BCUT2D eigenvalue weighted by Gasteiger charge is 2.23. The van der Waals surface area contributed by atoms with Crippen molar-refractivity contribution >= 4 is 33.7 Å². The number of carbonyl (C=O) groups is 2. The Kier molecular flexibility index (Phi) is 9.84. The van der Waals surface area contributed by atoms with Gasteiger partial charge in [-0.3, -0.25) is 4.79 Å². The summed E-state index contributed by atoms with van der Waals surface area (Å²) in [7, 11) is -3.74. The third-order valence-electron chi connectivity index (χ3n) is 2.85. The molecule has 0 fully saturated rings. The maximum atomic E-state index is 12.1. The van der Waals surface area contributed by atoms with E-state index in [1.54, 1.807) is 12.1 Å². The Morgan fingerprint density at radius 1 is 1.27 bits per heavy atom. The molecule has 1 atom stereocenters. The van der Waals surface area contributed by atoms with Gasteiger partial charge in [0.1, 0.15) is 6.79 Å². The van der Waals surface area contributed by atoms with Crippen LogP contribution in [0.1, 0.15) is 24.8 Å². The van der Waals surface area contributed by atoms with Crippen molar-refractivity contribution in [1.29, 1.82) is 0 Å². The summed E-state index contributed by atoms with van der Waals surface area (Å²) in [6.07, 6.45) is 1.69. The summed E-state index contributed by atoms with van der Waals surface area (Å²) in [5.41, 5.74) is 6.32. The van der Waals surface area contributed by atoms with Gasteiger partial charge in [-0.1, -0.05) is 24.1 Å². The molecule has 124 valence electrons. The molecule has 0 spiro atoms. The molecule has 22 heavy (non-hydrogen) atoms. The maximum Gasteiger partial charge on any atom is 0.241 e. The number of unbranched alkanes of at least 4 members (excludes halogenated alkanes) is 1. The van der Waals surface area contributed by atoms with Crippen molar-refractivity contribution in [3.63, 3.8) is 0 Å². The molecule has 1 rings (SSSR count). The second-order valence-corrected chi connectivity index (χ2v) is 6.66. The van der Waals surface area contributed by atoms with Crippen molar-refractivity contribution in [1.82, 2.24) is 4.72 Å². The standard InChI is InChI=1S/C13H19ClN2O3S.CH2O/c1-10-5-7-11(8-6-10)20(18,19)16-12(13(14)17)4-2-3-9-15;1-2/h5-8,12,16H,2-4,9,15H2,1H3;1H2. The van der Waals surface area contributed by atoms with E-state index >= 15 is 0 Å². The number of aryl methyl sites for hydroxylation is 1. The molecule has 1 aromatic carbocycles. The highest BCUT2D eigenvalue weighted by atomic mass is 35.5. The Labute approximate surface area is 136 Å². The monoisotopic (exact) mass is 348 g/mol. The van der Waals surface area contributed by atoms with Crippen LogP contribution in [0.3, 0.4) is 0 Å². The van der Waals surface area contributed by atoms with Gasteiger partial charge in [-0.15, -0.1) is 0 Å². The normalized spacial score (nSPS) is 12.1. The first kappa shape index (κ1) is 20.7. The number of hydrogen-bond acceptors (Lipinski definition) is 5. The molecule has 1 aromatic rings. The minimum atomic E-state index is -3.74. The van der Waals surface area contributed by atoms with Crippen LogP contribution in [0, 0.1) is 6.92 Å². The lowest BCUT2D eigenvalue weighted by Gasteiger charge is -2.15. The summed E-state index contributed by atoms with van der Waals surface area (Å²) in [5, 5.41) is -0.710. The highest BCUT2D eigenvalue weighted by Crippen LogP contribution is 2.13. The molecular formula is C14H21ClN2O4S. The Morgan fingerprint density at radius 2 is 1.82 bits per heavy atom. The predicted molar refractivity (Wildman–Crippen MR) is 86.2 cm³/mol. The van der Waals surface area contributed by atoms with Crippen LogP contribution in [0.2, 0.25) is 0 Å². The fraction of sp³-hybridized carbons (Fsp3) is 0.429. The molecule has 0 heterocycles. The number of rotatable bonds is 8. The average Bonchev–Trinajstić information content (AvgIpc) is 2.48. The molecule has 0 aliphatic rings. The van der Waals surface area contributed by atoms with Crippen molar-refractivity contribution in [2.45, 2.75) is 37.1 Å². The molecule has 8 heteroatoms. The van der Waals surface area contributed by atoms with E-state index in [4.69, 9.17) is 22.1 Å². The zero-order valence-electron chi connectivity index (χ0n) is 12.4. The molecule has 0 bridgehead atoms. The summed E-state index contributed by atoms with van der Waals surface area (Å²) in [5.74, 6) is 0. The third-order valence-corrected chi connectivity index (χ3v) is 4.60. The number of nitrogens with one attached hydrogen (secondary N) is 1. The van der Waals surface area contributed by atoms with Crippen LogP contribution in [0.5, 0.6) is 0 Å². The quantitative estimate of drug-likeness (QED) is 0.544. The molecule has 0 aromatic heterocycles. The van der Waals surface area contributed by atoms with Gasteiger partial charge < -0.3 is 10.5 Å². The molecule has 0 saturated heterocycles. The molecule has 6 nitrogen and oxygen atoms in total. The van der Waals surface area contributed by atoms with Crippen LogP contribution in [0.4, 0.5) is 0 Å². The van der Waals surface area contributed by atoms with Gasteiger partial charge in [0.05, 0.1) is 10.9 Å². The minimum Gasteiger partial charge on any atom is -0.330 e. The minimum absolute atomic E-state index is 0.116. The molecular weight excluding hydrogens is 328 g/mol. The van der Waals surface area contributed by atoms with Crippen molar-refractivity contribution in [3.8, 4) is 0 Å². The number of benzene rings is 1. The predicted octanol–water partition coefficient (Wildman–Crippen LogP) is 1.35. The largest absolute Gasteiger partial charge is 0.330 e.